The van der Waals surface area contributed by atoms with E-state index >= 15 is 0 Å². The second-order valence-corrected chi connectivity index (χ2v) is 4.44. The van der Waals surface area contributed by atoms with Gasteiger partial charge in [0, 0.05) is 24.1 Å². The van der Waals surface area contributed by atoms with Crippen LogP contribution in [-0.2, 0) is 4.74 Å². The molecule has 0 atom stereocenters. The van der Waals surface area contributed by atoms with Crippen molar-refractivity contribution in [2.45, 2.75) is 6.42 Å². The van der Waals surface area contributed by atoms with E-state index in [9.17, 15) is 4.79 Å². The second kappa shape index (κ2) is 4.88. The van der Waals surface area contributed by atoms with Gasteiger partial charge in [0.05, 0.1) is 31.5 Å². The molecule has 0 amide bonds. The van der Waals surface area contributed by atoms with Gasteiger partial charge >= 0.3 is 5.97 Å². The summed E-state index contributed by atoms with van der Waals surface area (Å²) in [5.41, 5.74) is 7.26. The van der Waals surface area contributed by atoms with Gasteiger partial charge in [-0.3, -0.25) is 4.98 Å². The minimum Gasteiger partial charge on any atom is -0.490 e. The highest BCUT2D eigenvalue weighted by atomic mass is 16.5. The molecular weight excluding hydrogens is 260 g/mol. The van der Waals surface area contributed by atoms with Crippen molar-refractivity contribution >= 4 is 22.6 Å². The maximum Gasteiger partial charge on any atom is 0.341 e. The van der Waals surface area contributed by atoms with E-state index < -0.39 is 5.97 Å². The summed E-state index contributed by atoms with van der Waals surface area (Å²) in [6.07, 6.45) is 2.23. The fourth-order valence-corrected chi connectivity index (χ4v) is 2.14. The highest BCUT2D eigenvalue weighted by Gasteiger charge is 2.17. The van der Waals surface area contributed by atoms with Crippen LogP contribution < -0.4 is 15.2 Å². The van der Waals surface area contributed by atoms with Crippen molar-refractivity contribution in [3.8, 4) is 11.5 Å². The van der Waals surface area contributed by atoms with Crippen LogP contribution >= 0.6 is 0 Å². The Labute approximate surface area is 115 Å². The summed E-state index contributed by atoms with van der Waals surface area (Å²) in [5.74, 6) is 0.752. The van der Waals surface area contributed by atoms with E-state index in [1.807, 2.05) is 0 Å². The van der Waals surface area contributed by atoms with Crippen molar-refractivity contribution in [2.75, 3.05) is 26.1 Å². The number of aromatic nitrogens is 1. The molecule has 1 aromatic heterocycles. The second-order valence-electron chi connectivity index (χ2n) is 4.44. The van der Waals surface area contributed by atoms with Crippen LogP contribution in [0.15, 0.2) is 18.3 Å². The number of nitrogen functional groups attached to an aromatic ring is 1. The molecule has 0 radical (unpaired) electrons. The van der Waals surface area contributed by atoms with Gasteiger partial charge in [-0.15, -0.1) is 0 Å². The molecule has 1 aliphatic heterocycles. The molecule has 1 aromatic carbocycles. The molecular formula is C14H14N2O4. The van der Waals surface area contributed by atoms with E-state index in [4.69, 9.17) is 15.2 Å². The van der Waals surface area contributed by atoms with Crippen molar-refractivity contribution in [3.05, 3.63) is 23.9 Å². The molecule has 0 aliphatic carbocycles. The van der Waals surface area contributed by atoms with Gasteiger partial charge in [-0.1, -0.05) is 0 Å². The number of nitrogens with zero attached hydrogens (tertiary/aromatic N) is 1. The van der Waals surface area contributed by atoms with Gasteiger partial charge in [0.2, 0.25) is 0 Å². The average Bonchev–Trinajstić information content (AvgIpc) is 2.70. The van der Waals surface area contributed by atoms with Crippen molar-refractivity contribution in [1.82, 2.24) is 4.98 Å². The Bertz CT molecular complexity index is 684. The molecule has 6 heteroatoms. The standard InChI is InChI=1S/C14H14N2O4/c1-18-14(17)9-7-16-10-6-12-11(5-8(10)13(9)15)19-3-2-4-20-12/h5-7H,2-4H2,1H3,(H2,15,16). The molecule has 3 rings (SSSR count). The number of anilines is 1. The van der Waals surface area contributed by atoms with Gasteiger partial charge in [0.15, 0.2) is 11.5 Å². The first-order valence-electron chi connectivity index (χ1n) is 6.27. The first-order valence-corrected chi connectivity index (χ1v) is 6.27. The highest BCUT2D eigenvalue weighted by molar-refractivity contribution is 6.04. The number of carbonyl (C=O) groups is 1. The molecule has 0 saturated carbocycles. The molecule has 2 aromatic rings. The molecule has 0 bridgehead atoms. The lowest BCUT2D eigenvalue weighted by Crippen LogP contribution is -2.07. The highest BCUT2D eigenvalue weighted by Crippen LogP contribution is 2.36. The van der Waals surface area contributed by atoms with E-state index in [0.717, 1.165) is 6.42 Å². The first-order chi connectivity index (χ1) is 9.70. The summed E-state index contributed by atoms with van der Waals surface area (Å²) < 4.78 is 15.9. The van der Waals surface area contributed by atoms with Crippen LogP contribution in [-0.4, -0.2) is 31.3 Å². The third-order valence-corrected chi connectivity index (χ3v) is 3.18. The van der Waals surface area contributed by atoms with Crippen LogP contribution in [0.3, 0.4) is 0 Å². The molecule has 0 unspecified atom stereocenters. The Morgan fingerprint density at radius 2 is 2.00 bits per heavy atom. The number of ether oxygens (including phenoxy) is 3. The zero-order valence-corrected chi connectivity index (χ0v) is 11.0. The molecule has 1 aliphatic rings. The Kier molecular flexibility index (Phi) is 3.06. The van der Waals surface area contributed by atoms with Crippen LogP contribution in [0.5, 0.6) is 11.5 Å². The van der Waals surface area contributed by atoms with Crippen molar-refractivity contribution < 1.29 is 19.0 Å². The maximum absolute atomic E-state index is 11.6. The first kappa shape index (κ1) is 12.5. The van der Waals surface area contributed by atoms with E-state index in [-0.39, 0.29) is 5.56 Å². The number of fused-ring (bicyclic) bond motifs is 2. The van der Waals surface area contributed by atoms with Gasteiger partial charge in [-0.05, 0) is 6.07 Å². The fraction of sp³-hybridized carbons (Fsp3) is 0.286. The van der Waals surface area contributed by atoms with E-state index in [1.54, 1.807) is 12.1 Å². The van der Waals surface area contributed by atoms with E-state index in [1.165, 1.54) is 13.3 Å². The number of rotatable bonds is 1. The molecule has 20 heavy (non-hydrogen) atoms. The summed E-state index contributed by atoms with van der Waals surface area (Å²) in [7, 11) is 1.31. The maximum atomic E-state index is 11.6. The third kappa shape index (κ3) is 1.99. The number of nitrogens with two attached hydrogens (primary N) is 1. The molecule has 0 fully saturated rings. The average molecular weight is 274 g/mol. The summed E-state index contributed by atoms with van der Waals surface area (Å²) >= 11 is 0. The molecule has 2 N–H and O–H groups in total. The lowest BCUT2D eigenvalue weighted by Gasteiger charge is -2.11. The number of methoxy groups -OCH3 is 1. The summed E-state index contributed by atoms with van der Waals surface area (Å²) in [5, 5.41) is 0.650. The summed E-state index contributed by atoms with van der Waals surface area (Å²) in [4.78, 5) is 15.9. The monoisotopic (exact) mass is 274 g/mol. The predicted octanol–water partition coefficient (Wildman–Crippen LogP) is 1.76. The zero-order valence-electron chi connectivity index (χ0n) is 11.0. The van der Waals surface area contributed by atoms with Gasteiger partial charge in [-0.2, -0.15) is 0 Å². The number of carbonyl (C=O) groups excluding carboxylic acids is 1. The van der Waals surface area contributed by atoms with Crippen LogP contribution in [0.2, 0.25) is 0 Å². The number of hydrogen-bond donors (Lipinski definition) is 1. The quantitative estimate of drug-likeness (QED) is 0.798. The Hall–Kier alpha value is -2.50. The number of benzene rings is 1. The van der Waals surface area contributed by atoms with Crippen LogP contribution in [0, 0.1) is 0 Å². The Balaban J connectivity index is 2.19. The largest absolute Gasteiger partial charge is 0.490 e. The SMILES string of the molecule is COC(=O)c1cnc2cc3c(cc2c1N)OCCCO3. The molecule has 0 saturated heterocycles. The molecule has 0 spiro atoms. The number of esters is 1. The Morgan fingerprint density at radius 3 is 2.70 bits per heavy atom. The summed E-state index contributed by atoms with van der Waals surface area (Å²) in [6, 6.07) is 3.53. The zero-order chi connectivity index (χ0) is 14.1. The van der Waals surface area contributed by atoms with Gasteiger partial charge in [0.1, 0.15) is 5.56 Å². The summed E-state index contributed by atoms with van der Waals surface area (Å²) in [6.45, 7) is 1.19. The topological polar surface area (TPSA) is 83.7 Å². The van der Waals surface area contributed by atoms with E-state index in [2.05, 4.69) is 9.72 Å². The number of hydrogen-bond acceptors (Lipinski definition) is 6. The number of pyridine rings is 1. The van der Waals surface area contributed by atoms with Crippen molar-refractivity contribution in [2.24, 2.45) is 0 Å². The smallest absolute Gasteiger partial charge is 0.341 e. The van der Waals surface area contributed by atoms with Crippen LogP contribution in [0.25, 0.3) is 10.9 Å². The van der Waals surface area contributed by atoms with Crippen LogP contribution in [0.1, 0.15) is 16.8 Å². The minimum absolute atomic E-state index is 0.245. The van der Waals surface area contributed by atoms with Crippen molar-refractivity contribution in [1.29, 1.82) is 0 Å². The predicted molar refractivity (Wildman–Crippen MR) is 73.1 cm³/mol. The van der Waals surface area contributed by atoms with Gasteiger partial charge < -0.3 is 19.9 Å². The van der Waals surface area contributed by atoms with Crippen molar-refractivity contribution in [3.63, 3.8) is 0 Å². The molecule has 2 heterocycles. The normalized spacial score (nSPS) is 13.8. The lowest BCUT2D eigenvalue weighted by atomic mass is 10.1. The van der Waals surface area contributed by atoms with Crippen LogP contribution in [0.4, 0.5) is 5.69 Å². The Morgan fingerprint density at radius 1 is 1.30 bits per heavy atom. The molecule has 6 nitrogen and oxygen atoms in total. The third-order valence-electron chi connectivity index (χ3n) is 3.18. The lowest BCUT2D eigenvalue weighted by molar-refractivity contribution is 0.0601. The fourth-order valence-electron chi connectivity index (χ4n) is 2.14. The minimum atomic E-state index is -0.510. The van der Waals surface area contributed by atoms with E-state index in [0.29, 0.717) is 41.3 Å². The molecule has 104 valence electrons. The van der Waals surface area contributed by atoms with Gasteiger partial charge in [0.25, 0.3) is 0 Å². The van der Waals surface area contributed by atoms with Gasteiger partial charge in [-0.25, -0.2) is 4.79 Å².